The number of rotatable bonds is 6. The van der Waals surface area contributed by atoms with Crippen LogP contribution in [0.2, 0.25) is 0 Å². The number of ether oxygens (including phenoxy) is 1. The van der Waals surface area contributed by atoms with Gasteiger partial charge in [0.15, 0.2) is 0 Å². The van der Waals surface area contributed by atoms with Gasteiger partial charge in [-0.05, 0) is 17.7 Å². The van der Waals surface area contributed by atoms with Crippen LogP contribution in [0.4, 0.5) is 0 Å². The van der Waals surface area contributed by atoms with Crippen molar-refractivity contribution >= 4 is 38.4 Å². The summed E-state index contributed by atoms with van der Waals surface area (Å²) in [6, 6.07) is 7.59. The van der Waals surface area contributed by atoms with Crippen LogP contribution < -0.4 is 10.1 Å². The highest BCUT2D eigenvalue weighted by Crippen LogP contribution is 2.12. The third-order valence-corrected chi connectivity index (χ3v) is 3.95. The standard InChI is InChI=1S/C12H15NO4S3/c1-17-11-5-2-4-10(8-11)9-13-12(18)19-6-3-7-20(14,15)16/h2-5,7-8H,6,9H2,1H3,(H,13,18)(H,14,15,16)/b7-3-. The first-order valence-electron chi connectivity index (χ1n) is 5.58. The lowest BCUT2D eigenvalue weighted by molar-refractivity contribution is 0.414. The Labute approximate surface area is 128 Å². The number of thiocarbonyl (C=S) groups is 1. The minimum absolute atomic E-state index is 0.365. The average Bonchev–Trinajstić information content (AvgIpc) is 2.40. The van der Waals surface area contributed by atoms with Crippen molar-refractivity contribution in [3.05, 3.63) is 41.3 Å². The Morgan fingerprint density at radius 1 is 1.55 bits per heavy atom. The molecule has 1 rings (SSSR count). The molecule has 0 heterocycles. The molecule has 0 aliphatic rings. The van der Waals surface area contributed by atoms with E-state index in [2.05, 4.69) is 5.32 Å². The van der Waals surface area contributed by atoms with E-state index < -0.39 is 10.1 Å². The SMILES string of the molecule is COc1cccc(CNC(=S)SC/C=C\S(=O)(=O)O)c1. The van der Waals surface area contributed by atoms with Gasteiger partial charge in [-0.1, -0.05) is 42.2 Å². The lowest BCUT2D eigenvalue weighted by Gasteiger charge is -2.07. The van der Waals surface area contributed by atoms with Gasteiger partial charge in [0, 0.05) is 12.3 Å². The average molecular weight is 333 g/mol. The predicted molar refractivity (Wildman–Crippen MR) is 85.6 cm³/mol. The molecule has 110 valence electrons. The third kappa shape index (κ3) is 7.49. The number of hydrogen-bond acceptors (Lipinski definition) is 5. The predicted octanol–water partition coefficient (Wildman–Crippen LogP) is 2.20. The van der Waals surface area contributed by atoms with Crippen LogP contribution in [0, 0.1) is 0 Å². The van der Waals surface area contributed by atoms with E-state index in [0.717, 1.165) is 16.7 Å². The molecular weight excluding hydrogens is 318 g/mol. The first kappa shape index (κ1) is 17.0. The molecule has 8 heteroatoms. The second-order valence-electron chi connectivity index (χ2n) is 3.69. The maximum absolute atomic E-state index is 10.4. The molecule has 0 aromatic heterocycles. The smallest absolute Gasteiger partial charge is 0.287 e. The first-order chi connectivity index (χ1) is 9.40. The van der Waals surface area contributed by atoms with E-state index in [9.17, 15) is 8.42 Å². The number of thioether (sulfide) groups is 1. The van der Waals surface area contributed by atoms with Crippen molar-refractivity contribution < 1.29 is 17.7 Å². The van der Waals surface area contributed by atoms with Gasteiger partial charge >= 0.3 is 0 Å². The Balaban J connectivity index is 2.34. The molecule has 20 heavy (non-hydrogen) atoms. The summed E-state index contributed by atoms with van der Waals surface area (Å²) in [5, 5.41) is 3.78. The molecule has 0 saturated heterocycles. The monoisotopic (exact) mass is 333 g/mol. The third-order valence-electron chi connectivity index (χ3n) is 2.15. The molecule has 0 fully saturated rings. The highest BCUT2D eigenvalue weighted by molar-refractivity contribution is 8.23. The summed E-state index contributed by atoms with van der Waals surface area (Å²) in [4.78, 5) is 0. The van der Waals surface area contributed by atoms with Crippen molar-refractivity contribution in [2.45, 2.75) is 6.54 Å². The van der Waals surface area contributed by atoms with Gasteiger partial charge in [0.2, 0.25) is 0 Å². The van der Waals surface area contributed by atoms with Crippen molar-refractivity contribution in [2.24, 2.45) is 0 Å². The maximum atomic E-state index is 10.4. The molecule has 0 amide bonds. The van der Waals surface area contributed by atoms with Crippen LogP contribution in [0.25, 0.3) is 0 Å². The summed E-state index contributed by atoms with van der Waals surface area (Å²) < 4.78 is 35.1. The van der Waals surface area contributed by atoms with Crippen LogP contribution in [0.5, 0.6) is 5.75 Å². The molecule has 0 unspecified atom stereocenters. The normalized spacial score (nSPS) is 11.5. The summed E-state index contributed by atoms with van der Waals surface area (Å²) in [6.07, 6.45) is 1.33. The van der Waals surface area contributed by atoms with Crippen molar-refractivity contribution in [3.63, 3.8) is 0 Å². The van der Waals surface area contributed by atoms with Crippen LogP contribution >= 0.6 is 24.0 Å². The quantitative estimate of drug-likeness (QED) is 0.610. The summed E-state index contributed by atoms with van der Waals surface area (Å²) in [5.41, 5.74) is 1.03. The second kappa shape index (κ2) is 8.25. The molecule has 0 aliphatic carbocycles. The summed E-state index contributed by atoms with van der Waals surface area (Å²) in [5.74, 6) is 1.14. The lowest BCUT2D eigenvalue weighted by Crippen LogP contribution is -2.17. The van der Waals surface area contributed by atoms with Crippen molar-refractivity contribution in [1.29, 1.82) is 0 Å². The van der Waals surface area contributed by atoms with E-state index in [4.69, 9.17) is 21.5 Å². The fourth-order valence-corrected chi connectivity index (χ4v) is 2.55. The second-order valence-corrected chi connectivity index (χ2v) is 6.69. The highest BCUT2D eigenvalue weighted by atomic mass is 32.2. The Bertz CT molecular complexity index is 584. The molecule has 2 N–H and O–H groups in total. The van der Waals surface area contributed by atoms with E-state index in [1.54, 1.807) is 7.11 Å². The van der Waals surface area contributed by atoms with E-state index >= 15 is 0 Å². The Morgan fingerprint density at radius 3 is 2.95 bits per heavy atom. The van der Waals surface area contributed by atoms with Gasteiger partial charge in [-0.3, -0.25) is 4.55 Å². The summed E-state index contributed by atoms with van der Waals surface area (Å²) in [7, 11) is -2.45. The van der Waals surface area contributed by atoms with Crippen LogP contribution in [-0.2, 0) is 16.7 Å². The minimum Gasteiger partial charge on any atom is -0.497 e. The van der Waals surface area contributed by atoms with Gasteiger partial charge in [0.05, 0.1) is 12.5 Å². The molecule has 0 radical (unpaired) electrons. The molecule has 0 atom stereocenters. The molecule has 1 aromatic carbocycles. The van der Waals surface area contributed by atoms with Gasteiger partial charge in [0.1, 0.15) is 10.1 Å². The molecule has 1 aromatic rings. The molecule has 0 aliphatic heterocycles. The van der Waals surface area contributed by atoms with Gasteiger partial charge in [0.25, 0.3) is 10.1 Å². The molecule has 0 spiro atoms. The zero-order valence-corrected chi connectivity index (χ0v) is 13.2. The number of nitrogens with one attached hydrogen (secondary N) is 1. The Hall–Kier alpha value is -1.09. The topological polar surface area (TPSA) is 75.6 Å². The largest absolute Gasteiger partial charge is 0.497 e. The van der Waals surface area contributed by atoms with Crippen LogP contribution in [-0.4, -0.2) is 30.2 Å². The fourth-order valence-electron chi connectivity index (χ4n) is 1.29. The summed E-state index contributed by atoms with van der Waals surface area (Å²) >= 11 is 6.37. The number of benzene rings is 1. The first-order valence-corrected chi connectivity index (χ1v) is 8.48. The van der Waals surface area contributed by atoms with E-state index in [-0.39, 0.29) is 0 Å². The molecular formula is C12H15NO4S3. The Kier molecular flexibility index (Phi) is 7.00. The van der Waals surface area contributed by atoms with E-state index in [1.165, 1.54) is 17.8 Å². The molecule has 0 saturated carbocycles. The zero-order valence-electron chi connectivity index (χ0n) is 10.8. The number of hydrogen-bond donors (Lipinski definition) is 2. The molecule has 0 bridgehead atoms. The minimum atomic E-state index is -4.06. The lowest BCUT2D eigenvalue weighted by atomic mass is 10.2. The number of methoxy groups -OCH3 is 1. The van der Waals surface area contributed by atoms with Crippen LogP contribution in [0.1, 0.15) is 5.56 Å². The fraction of sp³-hybridized carbons (Fsp3) is 0.250. The van der Waals surface area contributed by atoms with Gasteiger partial charge in [-0.2, -0.15) is 8.42 Å². The van der Waals surface area contributed by atoms with Crippen molar-refractivity contribution in [3.8, 4) is 5.75 Å². The van der Waals surface area contributed by atoms with Crippen LogP contribution in [0.3, 0.4) is 0 Å². The van der Waals surface area contributed by atoms with Gasteiger partial charge < -0.3 is 10.1 Å². The van der Waals surface area contributed by atoms with Gasteiger partial charge in [-0.25, -0.2) is 0 Å². The van der Waals surface area contributed by atoms with E-state index in [1.807, 2.05) is 24.3 Å². The van der Waals surface area contributed by atoms with Crippen molar-refractivity contribution in [1.82, 2.24) is 5.32 Å². The van der Waals surface area contributed by atoms with E-state index in [0.29, 0.717) is 16.6 Å². The van der Waals surface area contributed by atoms with Crippen LogP contribution in [0.15, 0.2) is 35.7 Å². The summed E-state index contributed by atoms with van der Waals surface area (Å²) in [6.45, 7) is 0.561. The maximum Gasteiger partial charge on any atom is 0.287 e. The Morgan fingerprint density at radius 2 is 2.30 bits per heavy atom. The van der Waals surface area contributed by atoms with Gasteiger partial charge in [-0.15, -0.1) is 0 Å². The molecule has 5 nitrogen and oxygen atoms in total. The van der Waals surface area contributed by atoms with Crippen molar-refractivity contribution in [2.75, 3.05) is 12.9 Å². The zero-order chi connectivity index (χ0) is 15.0. The highest BCUT2D eigenvalue weighted by Gasteiger charge is 1.99.